The molecular formula is C10H11N5O2S. The molecule has 0 aliphatic heterocycles. The van der Waals surface area contributed by atoms with Crippen LogP contribution in [0.5, 0.6) is 0 Å². The number of carbonyl (C=O) groups is 1. The number of rotatable bonds is 4. The van der Waals surface area contributed by atoms with Gasteiger partial charge in [0, 0.05) is 7.05 Å². The predicted octanol–water partition coefficient (Wildman–Crippen LogP) is -0.0475. The lowest BCUT2D eigenvalue weighted by Gasteiger charge is -2.02. The van der Waals surface area contributed by atoms with Crippen molar-refractivity contribution in [3.63, 3.8) is 0 Å². The molecule has 0 aliphatic rings. The van der Waals surface area contributed by atoms with Crippen molar-refractivity contribution in [1.29, 1.82) is 0 Å². The fourth-order valence-electron chi connectivity index (χ4n) is 1.27. The number of primary amides is 1. The van der Waals surface area contributed by atoms with Crippen molar-refractivity contribution in [3.8, 4) is 0 Å². The molecule has 2 aromatic rings. The summed E-state index contributed by atoms with van der Waals surface area (Å²) >= 11 is 1.29. The van der Waals surface area contributed by atoms with E-state index in [4.69, 9.17) is 10.8 Å². The molecule has 0 spiro atoms. The van der Waals surface area contributed by atoms with E-state index in [0.29, 0.717) is 15.9 Å². The van der Waals surface area contributed by atoms with Gasteiger partial charge in [0.1, 0.15) is 5.03 Å². The van der Waals surface area contributed by atoms with Crippen LogP contribution in [0.1, 0.15) is 16.2 Å². The molecule has 0 aliphatic carbocycles. The van der Waals surface area contributed by atoms with E-state index in [1.54, 1.807) is 23.9 Å². The van der Waals surface area contributed by atoms with Crippen molar-refractivity contribution in [2.75, 3.05) is 0 Å². The molecule has 2 rings (SSSR count). The molecule has 7 nitrogen and oxygen atoms in total. The lowest BCUT2D eigenvalue weighted by atomic mass is 10.4. The standard InChI is InChI=1S/C10H11N5O2S/c1-15-6(5-16)4-12-10(15)18-8-3-2-7(9(11)17)13-14-8/h2-4,16H,5H2,1H3,(H2,11,17). The lowest BCUT2D eigenvalue weighted by Crippen LogP contribution is -2.13. The highest BCUT2D eigenvalue weighted by Crippen LogP contribution is 2.24. The van der Waals surface area contributed by atoms with Gasteiger partial charge in [0.15, 0.2) is 10.9 Å². The van der Waals surface area contributed by atoms with Gasteiger partial charge in [-0.15, -0.1) is 10.2 Å². The Bertz CT molecular complexity index is 566. The van der Waals surface area contributed by atoms with Gasteiger partial charge in [-0.3, -0.25) is 4.79 Å². The Balaban J connectivity index is 2.18. The molecule has 0 unspecified atom stereocenters. The molecule has 0 bridgehead atoms. The van der Waals surface area contributed by atoms with E-state index in [9.17, 15) is 4.79 Å². The highest BCUT2D eigenvalue weighted by molar-refractivity contribution is 7.99. The van der Waals surface area contributed by atoms with E-state index < -0.39 is 5.91 Å². The highest BCUT2D eigenvalue weighted by Gasteiger charge is 2.09. The van der Waals surface area contributed by atoms with Crippen LogP contribution in [0.4, 0.5) is 0 Å². The maximum atomic E-state index is 10.8. The molecule has 0 atom stereocenters. The molecule has 0 saturated heterocycles. The summed E-state index contributed by atoms with van der Waals surface area (Å²) in [5, 5.41) is 17.9. The molecule has 3 N–H and O–H groups in total. The number of hydrogen-bond acceptors (Lipinski definition) is 6. The molecule has 0 saturated carbocycles. The normalized spacial score (nSPS) is 10.6. The minimum absolute atomic E-state index is 0.0731. The Labute approximate surface area is 107 Å². The summed E-state index contributed by atoms with van der Waals surface area (Å²) in [7, 11) is 1.80. The quantitative estimate of drug-likeness (QED) is 0.802. The Morgan fingerprint density at radius 1 is 1.50 bits per heavy atom. The highest BCUT2D eigenvalue weighted by atomic mass is 32.2. The molecule has 0 aromatic carbocycles. The number of amides is 1. The van der Waals surface area contributed by atoms with Crippen LogP contribution in [0.25, 0.3) is 0 Å². The molecule has 8 heteroatoms. The summed E-state index contributed by atoms with van der Waals surface area (Å²) < 4.78 is 1.76. The molecule has 2 aromatic heterocycles. The minimum Gasteiger partial charge on any atom is -0.390 e. The fraction of sp³-hybridized carbons (Fsp3) is 0.200. The number of imidazole rings is 1. The van der Waals surface area contributed by atoms with Gasteiger partial charge in [0.2, 0.25) is 0 Å². The van der Waals surface area contributed by atoms with Crippen LogP contribution < -0.4 is 5.73 Å². The first-order valence-electron chi connectivity index (χ1n) is 5.04. The maximum Gasteiger partial charge on any atom is 0.269 e. The molecular weight excluding hydrogens is 254 g/mol. The molecule has 2 heterocycles. The number of aromatic nitrogens is 4. The molecule has 18 heavy (non-hydrogen) atoms. The van der Waals surface area contributed by atoms with Gasteiger partial charge in [-0.25, -0.2) is 4.98 Å². The lowest BCUT2D eigenvalue weighted by molar-refractivity contribution is 0.0994. The number of carbonyl (C=O) groups excluding carboxylic acids is 1. The van der Waals surface area contributed by atoms with Gasteiger partial charge in [0.05, 0.1) is 18.5 Å². The number of aliphatic hydroxyl groups is 1. The number of hydrogen-bond donors (Lipinski definition) is 2. The van der Waals surface area contributed by atoms with Gasteiger partial charge >= 0.3 is 0 Å². The second kappa shape index (κ2) is 5.15. The SMILES string of the molecule is Cn1c(CO)cnc1Sc1ccc(C(N)=O)nn1. The van der Waals surface area contributed by atoms with E-state index in [-0.39, 0.29) is 12.3 Å². The zero-order valence-electron chi connectivity index (χ0n) is 9.57. The van der Waals surface area contributed by atoms with Gasteiger partial charge in [-0.1, -0.05) is 0 Å². The number of aliphatic hydroxyl groups excluding tert-OH is 1. The van der Waals surface area contributed by atoms with Crippen LogP contribution in [0.2, 0.25) is 0 Å². The zero-order valence-corrected chi connectivity index (χ0v) is 10.4. The fourth-order valence-corrected chi connectivity index (χ4v) is 2.03. The maximum absolute atomic E-state index is 10.8. The van der Waals surface area contributed by atoms with E-state index in [2.05, 4.69) is 15.2 Å². The van der Waals surface area contributed by atoms with Gasteiger partial charge in [-0.2, -0.15) is 0 Å². The summed E-state index contributed by atoms with van der Waals surface area (Å²) in [5.74, 6) is -0.612. The molecule has 1 amide bonds. The average molecular weight is 265 g/mol. The summed E-state index contributed by atoms with van der Waals surface area (Å²) in [5.41, 5.74) is 5.90. The Hall–Kier alpha value is -1.93. The van der Waals surface area contributed by atoms with Gasteiger partial charge < -0.3 is 15.4 Å². The third kappa shape index (κ3) is 2.49. The number of nitrogens with two attached hydrogens (primary N) is 1. The smallest absolute Gasteiger partial charge is 0.269 e. The minimum atomic E-state index is -0.612. The molecule has 0 radical (unpaired) electrons. The predicted molar refractivity (Wildman–Crippen MR) is 63.8 cm³/mol. The Morgan fingerprint density at radius 2 is 2.28 bits per heavy atom. The summed E-state index contributed by atoms with van der Waals surface area (Å²) in [4.78, 5) is 15.0. The van der Waals surface area contributed by atoms with Crippen molar-refractivity contribution in [2.45, 2.75) is 16.8 Å². The average Bonchev–Trinajstić information content (AvgIpc) is 2.71. The molecule has 0 fully saturated rings. The van der Waals surface area contributed by atoms with Crippen LogP contribution in [0.3, 0.4) is 0 Å². The van der Waals surface area contributed by atoms with Crippen molar-refractivity contribution in [2.24, 2.45) is 12.8 Å². The Kier molecular flexibility index (Phi) is 3.58. The van der Waals surface area contributed by atoms with Gasteiger partial charge in [-0.05, 0) is 23.9 Å². The first kappa shape index (κ1) is 12.5. The monoisotopic (exact) mass is 265 g/mol. The summed E-state index contributed by atoms with van der Waals surface area (Å²) in [6, 6.07) is 3.15. The first-order chi connectivity index (χ1) is 8.61. The number of nitrogens with zero attached hydrogens (tertiary/aromatic N) is 4. The second-order valence-corrected chi connectivity index (χ2v) is 4.46. The van der Waals surface area contributed by atoms with Crippen LogP contribution >= 0.6 is 11.8 Å². The van der Waals surface area contributed by atoms with Crippen LogP contribution in [-0.4, -0.2) is 30.8 Å². The topological polar surface area (TPSA) is 107 Å². The largest absolute Gasteiger partial charge is 0.390 e. The summed E-state index contributed by atoms with van der Waals surface area (Å²) in [6.45, 7) is -0.0731. The van der Waals surface area contributed by atoms with Crippen molar-refractivity contribution < 1.29 is 9.90 Å². The van der Waals surface area contributed by atoms with Crippen molar-refractivity contribution in [3.05, 3.63) is 29.7 Å². The third-order valence-electron chi connectivity index (χ3n) is 2.29. The third-order valence-corrected chi connectivity index (χ3v) is 3.28. The Morgan fingerprint density at radius 3 is 2.78 bits per heavy atom. The van der Waals surface area contributed by atoms with E-state index in [0.717, 1.165) is 0 Å². The van der Waals surface area contributed by atoms with Crippen LogP contribution in [0.15, 0.2) is 28.5 Å². The van der Waals surface area contributed by atoms with Gasteiger partial charge in [0.25, 0.3) is 5.91 Å². The van der Waals surface area contributed by atoms with E-state index in [1.807, 2.05) is 0 Å². The van der Waals surface area contributed by atoms with Crippen molar-refractivity contribution in [1.82, 2.24) is 19.7 Å². The van der Waals surface area contributed by atoms with E-state index >= 15 is 0 Å². The summed E-state index contributed by atoms with van der Waals surface area (Å²) in [6.07, 6.45) is 1.59. The zero-order chi connectivity index (χ0) is 13.1. The second-order valence-electron chi connectivity index (χ2n) is 3.47. The van der Waals surface area contributed by atoms with Crippen LogP contribution in [-0.2, 0) is 13.7 Å². The molecule has 94 valence electrons. The first-order valence-corrected chi connectivity index (χ1v) is 5.86. The van der Waals surface area contributed by atoms with Crippen LogP contribution in [0, 0.1) is 0 Å². The van der Waals surface area contributed by atoms with E-state index in [1.165, 1.54) is 17.8 Å². The van der Waals surface area contributed by atoms with Crippen molar-refractivity contribution >= 4 is 17.7 Å².